The lowest BCUT2D eigenvalue weighted by Crippen LogP contribution is -2.06. The van der Waals surface area contributed by atoms with E-state index in [0.29, 0.717) is 17.1 Å². The van der Waals surface area contributed by atoms with E-state index in [2.05, 4.69) is 5.32 Å². The number of nitrogens with two attached hydrogens (primary N) is 1. The maximum absolute atomic E-state index is 11.1. The molecule has 0 spiro atoms. The van der Waals surface area contributed by atoms with Gasteiger partial charge in [-0.15, -0.1) is 11.8 Å². The van der Waals surface area contributed by atoms with Crippen molar-refractivity contribution in [3.8, 4) is 0 Å². The fourth-order valence-electron chi connectivity index (χ4n) is 1.76. The maximum Gasteiger partial charge on any atom is 0.293 e. The Balaban J connectivity index is 1.92. The van der Waals surface area contributed by atoms with Crippen molar-refractivity contribution in [3.05, 3.63) is 58.6 Å². The number of nitro groups is 1. The maximum atomic E-state index is 11.1. The minimum absolute atomic E-state index is 0.0511. The Morgan fingerprint density at radius 3 is 2.57 bits per heavy atom. The van der Waals surface area contributed by atoms with Crippen LogP contribution in [0.1, 0.15) is 0 Å². The van der Waals surface area contributed by atoms with Gasteiger partial charge in [0.1, 0.15) is 5.69 Å². The van der Waals surface area contributed by atoms with Gasteiger partial charge in [0.25, 0.3) is 5.69 Å². The van der Waals surface area contributed by atoms with Crippen LogP contribution in [0.15, 0.2) is 58.3 Å². The topological polar surface area (TPSA) is 81.2 Å². The highest BCUT2D eigenvalue weighted by atomic mass is 32.2. The molecule has 0 heterocycles. The predicted octanol–water partition coefficient (Wildman–Crippen LogP) is 3.76. The Labute approximate surface area is 131 Å². The lowest BCUT2D eigenvalue weighted by Gasteiger charge is -2.08. The molecule has 0 aromatic heterocycles. The van der Waals surface area contributed by atoms with Gasteiger partial charge >= 0.3 is 0 Å². The standard InChI is InChI=1S/C14H15N3O2S2/c15-21-12-6-7-13(14(10-12)17(18)19)16-8-9-20-11-4-2-1-3-5-11/h1-7,10,16H,8-9,15H2. The second-order valence-electron chi connectivity index (χ2n) is 4.14. The molecule has 0 aliphatic heterocycles. The van der Waals surface area contributed by atoms with Crippen LogP contribution in [0.3, 0.4) is 0 Å². The number of nitrogens with zero attached hydrogens (tertiary/aromatic N) is 1. The van der Waals surface area contributed by atoms with Crippen molar-refractivity contribution in [1.29, 1.82) is 0 Å². The summed E-state index contributed by atoms with van der Waals surface area (Å²) >= 11 is 2.70. The van der Waals surface area contributed by atoms with Gasteiger partial charge in [-0.3, -0.25) is 15.3 Å². The van der Waals surface area contributed by atoms with Gasteiger partial charge in [0.2, 0.25) is 0 Å². The minimum atomic E-state index is -0.396. The fourth-order valence-corrected chi connectivity index (χ4v) is 2.87. The van der Waals surface area contributed by atoms with Gasteiger partial charge in [-0.05, 0) is 36.2 Å². The second-order valence-corrected chi connectivity index (χ2v) is 6.02. The summed E-state index contributed by atoms with van der Waals surface area (Å²) in [7, 11) is 0. The number of hydrogen-bond acceptors (Lipinski definition) is 6. The summed E-state index contributed by atoms with van der Waals surface area (Å²) in [5, 5.41) is 19.6. The van der Waals surface area contributed by atoms with Crippen molar-refractivity contribution >= 4 is 35.1 Å². The van der Waals surface area contributed by atoms with Crippen molar-refractivity contribution in [2.45, 2.75) is 9.79 Å². The molecule has 3 N–H and O–H groups in total. The van der Waals surface area contributed by atoms with Crippen molar-refractivity contribution < 1.29 is 4.92 Å². The first-order chi connectivity index (χ1) is 10.2. The summed E-state index contributed by atoms with van der Waals surface area (Å²) < 4.78 is 0. The molecular weight excluding hydrogens is 306 g/mol. The van der Waals surface area contributed by atoms with Crippen molar-refractivity contribution in [1.82, 2.24) is 0 Å². The van der Waals surface area contributed by atoms with E-state index in [0.717, 1.165) is 17.7 Å². The lowest BCUT2D eigenvalue weighted by molar-refractivity contribution is -0.384. The Morgan fingerprint density at radius 1 is 1.14 bits per heavy atom. The Bertz CT molecular complexity index is 608. The van der Waals surface area contributed by atoms with Gasteiger partial charge in [0.15, 0.2) is 0 Å². The fraction of sp³-hybridized carbons (Fsp3) is 0.143. The summed E-state index contributed by atoms with van der Waals surface area (Å²) in [6, 6.07) is 15.0. The van der Waals surface area contributed by atoms with Crippen LogP contribution in [0.5, 0.6) is 0 Å². The molecule has 0 aliphatic carbocycles. The van der Waals surface area contributed by atoms with Crippen LogP contribution in [0.2, 0.25) is 0 Å². The van der Waals surface area contributed by atoms with Crippen LogP contribution >= 0.6 is 23.7 Å². The van der Waals surface area contributed by atoms with Crippen LogP contribution < -0.4 is 10.5 Å². The van der Waals surface area contributed by atoms with E-state index in [-0.39, 0.29) is 5.69 Å². The number of rotatable bonds is 7. The SMILES string of the molecule is NSc1ccc(NCCSc2ccccc2)c([N+](=O)[O-])c1. The van der Waals surface area contributed by atoms with Crippen LogP contribution in [0.25, 0.3) is 0 Å². The van der Waals surface area contributed by atoms with Crippen LogP contribution in [0.4, 0.5) is 11.4 Å². The zero-order valence-corrected chi connectivity index (χ0v) is 12.8. The number of nitro benzene ring substituents is 1. The molecule has 21 heavy (non-hydrogen) atoms. The quantitative estimate of drug-likeness (QED) is 0.266. The Kier molecular flexibility index (Phi) is 5.91. The van der Waals surface area contributed by atoms with E-state index >= 15 is 0 Å². The predicted molar refractivity (Wildman–Crippen MR) is 88.8 cm³/mol. The third-order valence-corrected chi connectivity index (χ3v) is 4.27. The van der Waals surface area contributed by atoms with E-state index in [1.54, 1.807) is 23.9 Å². The largest absolute Gasteiger partial charge is 0.379 e. The molecule has 0 aliphatic rings. The molecule has 0 amide bonds. The van der Waals surface area contributed by atoms with Crippen molar-refractivity contribution in [2.75, 3.05) is 17.6 Å². The Hall–Kier alpha value is -1.70. The molecular formula is C14H15N3O2S2. The third-order valence-electron chi connectivity index (χ3n) is 2.73. The van der Waals surface area contributed by atoms with Crippen LogP contribution in [-0.4, -0.2) is 17.2 Å². The summed E-state index contributed by atoms with van der Waals surface area (Å²) in [6.45, 7) is 0.648. The molecule has 0 fully saturated rings. The van der Waals surface area contributed by atoms with Gasteiger partial charge in [-0.2, -0.15) is 0 Å². The van der Waals surface area contributed by atoms with E-state index in [9.17, 15) is 10.1 Å². The van der Waals surface area contributed by atoms with Gasteiger partial charge in [-0.25, -0.2) is 0 Å². The number of benzene rings is 2. The van der Waals surface area contributed by atoms with Gasteiger partial charge in [-0.1, -0.05) is 18.2 Å². The van der Waals surface area contributed by atoms with Crippen LogP contribution in [-0.2, 0) is 0 Å². The highest BCUT2D eigenvalue weighted by Crippen LogP contribution is 2.28. The molecule has 0 atom stereocenters. The minimum Gasteiger partial charge on any atom is -0.379 e. The number of thioether (sulfide) groups is 1. The first-order valence-corrected chi connectivity index (χ1v) is 8.14. The molecule has 5 nitrogen and oxygen atoms in total. The molecule has 2 aromatic carbocycles. The van der Waals surface area contributed by atoms with Crippen molar-refractivity contribution in [2.24, 2.45) is 5.14 Å². The highest BCUT2D eigenvalue weighted by molar-refractivity contribution is 7.99. The number of anilines is 1. The average Bonchev–Trinajstić information content (AvgIpc) is 2.52. The molecule has 7 heteroatoms. The normalized spacial score (nSPS) is 10.3. The van der Waals surface area contributed by atoms with Crippen molar-refractivity contribution in [3.63, 3.8) is 0 Å². The third kappa shape index (κ3) is 4.66. The monoisotopic (exact) mass is 321 g/mol. The molecule has 0 unspecified atom stereocenters. The first kappa shape index (κ1) is 15.7. The summed E-state index contributed by atoms with van der Waals surface area (Å²) in [5.74, 6) is 0.828. The zero-order chi connectivity index (χ0) is 15.1. The second kappa shape index (κ2) is 7.92. The molecule has 0 saturated heterocycles. The summed E-state index contributed by atoms with van der Waals surface area (Å²) in [4.78, 5) is 12.5. The molecule has 110 valence electrons. The zero-order valence-electron chi connectivity index (χ0n) is 11.2. The molecule has 0 saturated carbocycles. The van der Waals surface area contributed by atoms with E-state index in [1.165, 1.54) is 11.0 Å². The Morgan fingerprint density at radius 2 is 1.90 bits per heavy atom. The number of nitrogens with one attached hydrogen (secondary N) is 1. The highest BCUT2D eigenvalue weighted by Gasteiger charge is 2.14. The molecule has 2 rings (SSSR count). The van der Waals surface area contributed by atoms with Gasteiger partial charge in [0.05, 0.1) is 4.92 Å². The smallest absolute Gasteiger partial charge is 0.293 e. The van der Waals surface area contributed by atoms with Crippen LogP contribution in [0, 0.1) is 10.1 Å². The van der Waals surface area contributed by atoms with E-state index < -0.39 is 4.92 Å². The molecule has 0 radical (unpaired) electrons. The number of hydrogen-bond donors (Lipinski definition) is 2. The first-order valence-electron chi connectivity index (χ1n) is 6.27. The summed E-state index contributed by atoms with van der Waals surface area (Å²) in [5.41, 5.74) is 0.571. The average molecular weight is 321 g/mol. The molecule has 0 bridgehead atoms. The summed E-state index contributed by atoms with van der Waals surface area (Å²) in [6.07, 6.45) is 0. The van der Waals surface area contributed by atoms with E-state index in [1.807, 2.05) is 30.3 Å². The lowest BCUT2D eigenvalue weighted by atomic mass is 10.2. The van der Waals surface area contributed by atoms with Gasteiger partial charge < -0.3 is 5.32 Å². The molecule has 2 aromatic rings. The van der Waals surface area contributed by atoms with Gasteiger partial charge in [0, 0.05) is 28.2 Å². The van der Waals surface area contributed by atoms with E-state index in [4.69, 9.17) is 5.14 Å².